The molecule has 0 bridgehead atoms. The van der Waals surface area contributed by atoms with Crippen LogP contribution in [-0.4, -0.2) is 38.5 Å². The van der Waals surface area contributed by atoms with Crippen LogP contribution >= 0.6 is 0 Å². The highest BCUT2D eigenvalue weighted by Crippen LogP contribution is 2.17. The molecule has 0 saturated heterocycles. The van der Waals surface area contributed by atoms with Crippen LogP contribution in [0.3, 0.4) is 0 Å². The van der Waals surface area contributed by atoms with Gasteiger partial charge in [-0.05, 0) is 31.9 Å². The maximum atomic E-state index is 12.2. The Morgan fingerprint density at radius 3 is 2.22 bits per heavy atom. The van der Waals surface area contributed by atoms with Crippen molar-refractivity contribution in [3.05, 3.63) is 35.4 Å². The minimum atomic E-state index is -3.88. The maximum Gasteiger partial charge on any atom is 0.435 e. The van der Waals surface area contributed by atoms with Gasteiger partial charge in [-0.2, -0.15) is 13.5 Å². The lowest BCUT2D eigenvalue weighted by Crippen LogP contribution is -2.38. The standard InChI is InChI=1S/C15H23NO6S/c1-15(2,3)21-14(17)16(22-23(5,18)19)10-12-8-6-7-9-13(12)11-20-4/h6-9H,10-11H2,1-5H3. The number of carbonyl (C=O) groups excluding carboxylic acids is 1. The van der Waals surface area contributed by atoms with Crippen molar-refractivity contribution in [3.63, 3.8) is 0 Å². The Labute approximate surface area is 137 Å². The first kappa shape index (κ1) is 19.4. The summed E-state index contributed by atoms with van der Waals surface area (Å²) in [5, 5.41) is 0.690. The van der Waals surface area contributed by atoms with Gasteiger partial charge in [0.15, 0.2) is 0 Å². The van der Waals surface area contributed by atoms with Gasteiger partial charge in [-0.25, -0.2) is 4.79 Å². The number of hydroxylamine groups is 2. The molecule has 0 fully saturated rings. The topological polar surface area (TPSA) is 82.1 Å². The molecule has 130 valence electrons. The van der Waals surface area contributed by atoms with E-state index in [9.17, 15) is 13.2 Å². The number of rotatable bonds is 6. The number of ether oxygens (including phenoxy) is 2. The second-order valence-corrected chi connectivity index (χ2v) is 7.55. The quantitative estimate of drug-likeness (QED) is 0.737. The van der Waals surface area contributed by atoms with E-state index in [1.807, 2.05) is 12.1 Å². The van der Waals surface area contributed by atoms with Gasteiger partial charge in [0.05, 0.1) is 19.4 Å². The Morgan fingerprint density at radius 2 is 1.74 bits per heavy atom. The van der Waals surface area contributed by atoms with Crippen LogP contribution in [0.1, 0.15) is 31.9 Å². The first-order chi connectivity index (χ1) is 10.5. The highest BCUT2D eigenvalue weighted by molar-refractivity contribution is 7.85. The third kappa shape index (κ3) is 7.45. The zero-order chi connectivity index (χ0) is 17.7. The largest absolute Gasteiger partial charge is 0.442 e. The third-order valence-corrected chi connectivity index (χ3v) is 3.01. The molecule has 0 atom stereocenters. The molecule has 1 aromatic rings. The predicted octanol–water partition coefficient (Wildman–Crippen LogP) is 2.46. The number of carbonyl (C=O) groups is 1. The van der Waals surface area contributed by atoms with Crippen molar-refractivity contribution in [2.45, 2.75) is 39.5 Å². The highest BCUT2D eigenvalue weighted by Gasteiger charge is 2.26. The van der Waals surface area contributed by atoms with E-state index in [1.54, 1.807) is 40.0 Å². The maximum absolute atomic E-state index is 12.2. The van der Waals surface area contributed by atoms with Crippen LogP contribution in [0.15, 0.2) is 24.3 Å². The van der Waals surface area contributed by atoms with Gasteiger partial charge in [-0.15, -0.1) is 4.28 Å². The second kappa shape index (κ2) is 7.76. The fraction of sp³-hybridized carbons (Fsp3) is 0.533. The van der Waals surface area contributed by atoms with E-state index in [0.717, 1.165) is 11.8 Å². The number of benzene rings is 1. The summed E-state index contributed by atoms with van der Waals surface area (Å²) in [6.07, 6.45) is -0.0130. The molecule has 0 spiro atoms. The van der Waals surface area contributed by atoms with Gasteiger partial charge in [-0.3, -0.25) is 0 Å². The van der Waals surface area contributed by atoms with Gasteiger partial charge in [0, 0.05) is 7.11 Å². The van der Waals surface area contributed by atoms with Gasteiger partial charge in [0.2, 0.25) is 0 Å². The lowest BCUT2D eigenvalue weighted by molar-refractivity contribution is -0.0736. The number of amides is 1. The van der Waals surface area contributed by atoms with Crippen LogP contribution in [0.5, 0.6) is 0 Å². The normalized spacial score (nSPS) is 12.0. The number of methoxy groups -OCH3 is 1. The van der Waals surface area contributed by atoms with Gasteiger partial charge in [0.25, 0.3) is 10.1 Å². The molecule has 0 unspecified atom stereocenters. The smallest absolute Gasteiger partial charge is 0.435 e. The van der Waals surface area contributed by atoms with Crippen LogP contribution in [0.4, 0.5) is 4.79 Å². The Morgan fingerprint density at radius 1 is 1.17 bits per heavy atom. The molecule has 1 aromatic carbocycles. The second-order valence-electron chi connectivity index (χ2n) is 6.00. The van der Waals surface area contributed by atoms with E-state index in [0.29, 0.717) is 17.2 Å². The van der Waals surface area contributed by atoms with Crippen molar-refractivity contribution in [3.8, 4) is 0 Å². The van der Waals surface area contributed by atoms with Gasteiger partial charge < -0.3 is 9.47 Å². The molecule has 0 radical (unpaired) electrons. The Kier molecular flexibility index (Phi) is 6.55. The fourth-order valence-corrected chi connectivity index (χ4v) is 2.20. The molecule has 0 N–H and O–H groups in total. The predicted molar refractivity (Wildman–Crippen MR) is 84.9 cm³/mol. The van der Waals surface area contributed by atoms with Crippen molar-refractivity contribution >= 4 is 16.2 Å². The van der Waals surface area contributed by atoms with Gasteiger partial charge in [-0.1, -0.05) is 24.3 Å². The van der Waals surface area contributed by atoms with Crippen molar-refractivity contribution in [2.75, 3.05) is 13.4 Å². The van der Waals surface area contributed by atoms with E-state index in [1.165, 1.54) is 0 Å². The summed E-state index contributed by atoms with van der Waals surface area (Å²) >= 11 is 0. The van der Waals surface area contributed by atoms with Crippen molar-refractivity contribution < 1.29 is 27.0 Å². The van der Waals surface area contributed by atoms with Gasteiger partial charge in [0.1, 0.15) is 5.60 Å². The number of hydrogen-bond donors (Lipinski definition) is 0. The molecule has 0 aliphatic rings. The first-order valence-electron chi connectivity index (χ1n) is 6.97. The first-order valence-corrected chi connectivity index (χ1v) is 8.79. The fourth-order valence-electron chi connectivity index (χ4n) is 1.76. The van der Waals surface area contributed by atoms with E-state index >= 15 is 0 Å². The molecule has 7 nitrogen and oxygen atoms in total. The number of hydrogen-bond acceptors (Lipinski definition) is 6. The molecule has 23 heavy (non-hydrogen) atoms. The van der Waals surface area contributed by atoms with Crippen LogP contribution in [0.25, 0.3) is 0 Å². The van der Waals surface area contributed by atoms with Crippen molar-refractivity contribution in [2.24, 2.45) is 0 Å². The van der Waals surface area contributed by atoms with Gasteiger partial charge >= 0.3 is 6.09 Å². The molecule has 1 amide bonds. The zero-order valence-corrected chi connectivity index (χ0v) is 14.8. The van der Waals surface area contributed by atoms with Crippen LogP contribution < -0.4 is 0 Å². The molecule has 0 heterocycles. The molecule has 0 aliphatic heterocycles. The minimum absolute atomic E-state index is 0.0818. The van der Waals surface area contributed by atoms with Crippen LogP contribution in [0, 0.1) is 0 Å². The Bertz CT molecular complexity index is 636. The molecule has 0 saturated carbocycles. The number of nitrogens with zero attached hydrogens (tertiary/aromatic N) is 1. The average Bonchev–Trinajstić information content (AvgIpc) is 2.37. The van der Waals surface area contributed by atoms with E-state index in [-0.39, 0.29) is 6.54 Å². The van der Waals surface area contributed by atoms with Crippen molar-refractivity contribution in [1.29, 1.82) is 0 Å². The lowest BCUT2D eigenvalue weighted by Gasteiger charge is -2.26. The molecular weight excluding hydrogens is 322 g/mol. The van der Waals surface area contributed by atoms with E-state index in [4.69, 9.17) is 13.8 Å². The average molecular weight is 345 g/mol. The molecule has 8 heteroatoms. The Hall–Kier alpha value is -1.64. The molecule has 0 aromatic heterocycles. The molecule has 1 rings (SSSR count). The zero-order valence-electron chi connectivity index (χ0n) is 14.0. The third-order valence-electron chi connectivity index (χ3n) is 2.55. The SMILES string of the molecule is COCc1ccccc1CN(OS(C)(=O)=O)C(=O)OC(C)(C)C. The summed E-state index contributed by atoms with van der Waals surface area (Å²) < 4.78 is 37.9. The molecular formula is C15H23NO6S. The van der Waals surface area contributed by atoms with Crippen LogP contribution in [-0.2, 0) is 37.0 Å². The van der Waals surface area contributed by atoms with E-state index in [2.05, 4.69) is 0 Å². The van der Waals surface area contributed by atoms with Crippen LogP contribution in [0.2, 0.25) is 0 Å². The summed E-state index contributed by atoms with van der Waals surface area (Å²) in [7, 11) is -2.32. The summed E-state index contributed by atoms with van der Waals surface area (Å²) in [6.45, 7) is 5.30. The van der Waals surface area contributed by atoms with E-state index < -0.39 is 21.8 Å². The van der Waals surface area contributed by atoms with Crippen molar-refractivity contribution in [1.82, 2.24) is 5.06 Å². The lowest BCUT2D eigenvalue weighted by atomic mass is 10.1. The summed E-state index contributed by atoms with van der Waals surface area (Å²) in [5.74, 6) is 0. The highest BCUT2D eigenvalue weighted by atomic mass is 32.2. The molecule has 0 aliphatic carbocycles. The summed E-state index contributed by atoms with van der Waals surface area (Å²) in [6, 6.07) is 7.19. The minimum Gasteiger partial charge on any atom is -0.442 e. The Balaban J connectivity index is 3.04. The summed E-state index contributed by atoms with van der Waals surface area (Å²) in [5.41, 5.74) is 0.743. The summed E-state index contributed by atoms with van der Waals surface area (Å²) in [4.78, 5) is 12.2. The monoisotopic (exact) mass is 345 g/mol.